The maximum absolute atomic E-state index is 11.5. The first-order valence-electron chi connectivity index (χ1n) is 5.31. The van der Waals surface area contributed by atoms with Crippen molar-refractivity contribution in [2.24, 2.45) is 0 Å². The van der Waals surface area contributed by atoms with Crippen molar-refractivity contribution in [3.05, 3.63) is 0 Å². The van der Waals surface area contributed by atoms with Gasteiger partial charge in [0, 0.05) is 19.5 Å². The molecule has 1 amide bonds. The Labute approximate surface area is 83.6 Å². The number of amides is 1. The zero-order valence-electron chi connectivity index (χ0n) is 8.29. The van der Waals surface area contributed by atoms with Gasteiger partial charge in [-0.05, 0) is 19.3 Å². The van der Waals surface area contributed by atoms with Crippen LogP contribution in [0.2, 0.25) is 0 Å². The highest BCUT2D eigenvalue weighted by Crippen LogP contribution is 2.20. The molecule has 0 radical (unpaired) electrons. The lowest BCUT2D eigenvalue weighted by Gasteiger charge is -2.24. The number of ketones is 1. The van der Waals surface area contributed by atoms with Crippen LogP contribution in [0, 0.1) is 0 Å². The summed E-state index contributed by atoms with van der Waals surface area (Å²) >= 11 is 0. The van der Waals surface area contributed by atoms with Crippen LogP contribution in [0.3, 0.4) is 0 Å². The smallest absolute Gasteiger partial charge is 0.234 e. The lowest BCUT2D eigenvalue weighted by Crippen LogP contribution is -2.42. The summed E-state index contributed by atoms with van der Waals surface area (Å²) in [6.07, 6.45) is 3.58. The third-order valence-electron chi connectivity index (χ3n) is 3.00. The summed E-state index contributed by atoms with van der Waals surface area (Å²) in [5.74, 6) is 0.377. The van der Waals surface area contributed by atoms with E-state index in [9.17, 15) is 9.59 Å². The summed E-state index contributed by atoms with van der Waals surface area (Å²) in [5.41, 5.74) is 0. The zero-order chi connectivity index (χ0) is 9.97. The molecule has 0 aromatic heterocycles. The Kier molecular flexibility index (Phi) is 2.82. The van der Waals surface area contributed by atoms with Gasteiger partial charge in [0.1, 0.15) is 5.78 Å². The molecular formula is C10H16N2O2. The molecule has 1 N–H and O–H groups in total. The van der Waals surface area contributed by atoms with E-state index in [1.807, 2.05) is 4.90 Å². The molecule has 1 saturated carbocycles. The average Bonchev–Trinajstić information content (AvgIpc) is 2.45. The van der Waals surface area contributed by atoms with Gasteiger partial charge in [-0.2, -0.15) is 0 Å². The standard InChI is InChI=1S/C10H16N2O2/c13-9-4-1-3-8(9)12-6-2-5-11-10(14)7-12/h8H,1-7H2,(H,11,14). The first-order chi connectivity index (χ1) is 6.77. The number of carbonyl (C=O) groups excluding carboxylic acids is 2. The topological polar surface area (TPSA) is 49.4 Å². The molecule has 2 rings (SSSR count). The highest BCUT2D eigenvalue weighted by atomic mass is 16.2. The maximum Gasteiger partial charge on any atom is 0.234 e. The van der Waals surface area contributed by atoms with E-state index in [0.29, 0.717) is 18.7 Å². The molecule has 14 heavy (non-hydrogen) atoms. The molecule has 0 bridgehead atoms. The summed E-state index contributed by atoms with van der Waals surface area (Å²) < 4.78 is 0. The van der Waals surface area contributed by atoms with Crippen LogP contribution in [0.15, 0.2) is 0 Å². The van der Waals surface area contributed by atoms with Crippen LogP contribution in [-0.2, 0) is 9.59 Å². The van der Waals surface area contributed by atoms with E-state index in [2.05, 4.69) is 5.32 Å². The highest BCUT2D eigenvalue weighted by molar-refractivity contribution is 5.87. The van der Waals surface area contributed by atoms with Crippen molar-refractivity contribution in [1.29, 1.82) is 0 Å². The van der Waals surface area contributed by atoms with Crippen molar-refractivity contribution < 1.29 is 9.59 Å². The Morgan fingerprint density at radius 2 is 2.14 bits per heavy atom. The molecule has 0 spiro atoms. The fourth-order valence-corrected chi connectivity index (χ4v) is 2.28. The van der Waals surface area contributed by atoms with E-state index in [0.717, 1.165) is 32.4 Å². The van der Waals surface area contributed by atoms with Crippen molar-refractivity contribution in [2.75, 3.05) is 19.6 Å². The van der Waals surface area contributed by atoms with Crippen molar-refractivity contribution in [3.63, 3.8) is 0 Å². The minimum atomic E-state index is 0.0267. The number of carbonyl (C=O) groups is 2. The Morgan fingerprint density at radius 3 is 2.86 bits per heavy atom. The Hall–Kier alpha value is -0.900. The van der Waals surface area contributed by atoms with E-state index in [1.54, 1.807) is 0 Å². The molecule has 78 valence electrons. The third kappa shape index (κ3) is 1.95. The fourth-order valence-electron chi connectivity index (χ4n) is 2.28. The van der Waals surface area contributed by atoms with Crippen LogP contribution < -0.4 is 5.32 Å². The van der Waals surface area contributed by atoms with E-state index in [4.69, 9.17) is 0 Å². The van der Waals surface area contributed by atoms with Gasteiger partial charge >= 0.3 is 0 Å². The largest absolute Gasteiger partial charge is 0.355 e. The van der Waals surface area contributed by atoms with Gasteiger partial charge in [-0.3, -0.25) is 14.5 Å². The third-order valence-corrected chi connectivity index (χ3v) is 3.00. The van der Waals surface area contributed by atoms with Gasteiger partial charge < -0.3 is 5.32 Å². The van der Waals surface area contributed by atoms with Gasteiger partial charge in [0.2, 0.25) is 5.91 Å². The van der Waals surface area contributed by atoms with E-state index in [1.165, 1.54) is 0 Å². The maximum atomic E-state index is 11.5. The summed E-state index contributed by atoms with van der Waals surface area (Å²) in [5, 5.41) is 2.82. The predicted molar refractivity (Wildman–Crippen MR) is 51.8 cm³/mol. The Balaban J connectivity index is 2.01. The molecule has 1 aliphatic carbocycles. The van der Waals surface area contributed by atoms with Crippen molar-refractivity contribution in [3.8, 4) is 0 Å². The second kappa shape index (κ2) is 4.09. The van der Waals surface area contributed by atoms with Crippen LogP contribution >= 0.6 is 0 Å². The monoisotopic (exact) mass is 196 g/mol. The summed E-state index contributed by atoms with van der Waals surface area (Å²) in [4.78, 5) is 24.9. The minimum Gasteiger partial charge on any atom is -0.355 e. The lowest BCUT2D eigenvalue weighted by molar-refractivity contribution is -0.125. The van der Waals surface area contributed by atoms with Crippen molar-refractivity contribution in [2.45, 2.75) is 31.7 Å². The number of Topliss-reactive ketones (excluding diaryl/α,β-unsaturated/α-hetero) is 1. The lowest BCUT2D eigenvalue weighted by atomic mass is 10.2. The molecule has 1 saturated heterocycles. The molecule has 2 aliphatic rings. The quantitative estimate of drug-likeness (QED) is 0.638. The highest BCUT2D eigenvalue weighted by Gasteiger charge is 2.31. The van der Waals surface area contributed by atoms with E-state index in [-0.39, 0.29) is 11.9 Å². The number of nitrogens with zero attached hydrogens (tertiary/aromatic N) is 1. The van der Waals surface area contributed by atoms with Crippen LogP contribution in [0.5, 0.6) is 0 Å². The van der Waals surface area contributed by atoms with Crippen LogP contribution in [0.4, 0.5) is 0 Å². The van der Waals surface area contributed by atoms with Crippen LogP contribution in [0.25, 0.3) is 0 Å². The normalized spacial score (nSPS) is 30.1. The van der Waals surface area contributed by atoms with Crippen LogP contribution in [-0.4, -0.2) is 42.3 Å². The second-order valence-electron chi connectivity index (χ2n) is 4.05. The van der Waals surface area contributed by atoms with Crippen molar-refractivity contribution in [1.82, 2.24) is 10.2 Å². The molecule has 0 aromatic carbocycles. The van der Waals surface area contributed by atoms with Crippen LogP contribution in [0.1, 0.15) is 25.7 Å². The second-order valence-corrected chi connectivity index (χ2v) is 4.05. The van der Waals surface area contributed by atoms with Gasteiger partial charge in [-0.25, -0.2) is 0 Å². The van der Waals surface area contributed by atoms with Gasteiger partial charge in [0.25, 0.3) is 0 Å². The summed E-state index contributed by atoms with van der Waals surface area (Å²) in [7, 11) is 0. The predicted octanol–water partition coefficient (Wildman–Crippen LogP) is -0.0701. The number of rotatable bonds is 1. The van der Waals surface area contributed by atoms with Gasteiger partial charge in [0.15, 0.2) is 0 Å². The van der Waals surface area contributed by atoms with Gasteiger partial charge in [-0.15, -0.1) is 0 Å². The summed E-state index contributed by atoms with van der Waals surface area (Å²) in [6.45, 7) is 2.02. The zero-order valence-corrected chi connectivity index (χ0v) is 8.29. The first kappa shape index (κ1) is 9.65. The number of nitrogens with one attached hydrogen (secondary N) is 1. The molecular weight excluding hydrogens is 180 g/mol. The molecule has 1 atom stereocenters. The Morgan fingerprint density at radius 1 is 1.29 bits per heavy atom. The molecule has 4 heteroatoms. The molecule has 1 aliphatic heterocycles. The molecule has 0 aromatic rings. The molecule has 1 unspecified atom stereocenters. The van der Waals surface area contributed by atoms with Gasteiger partial charge in [0.05, 0.1) is 12.6 Å². The Bertz CT molecular complexity index is 253. The first-order valence-corrected chi connectivity index (χ1v) is 5.31. The molecule has 4 nitrogen and oxygen atoms in total. The van der Waals surface area contributed by atoms with Crippen molar-refractivity contribution >= 4 is 11.7 Å². The number of hydrogen-bond donors (Lipinski definition) is 1. The summed E-state index contributed by atoms with van der Waals surface area (Å²) in [6, 6.07) is 0.0267. The molecule has 2 fully saturated rings. The fraction of sp³-hybridized carbons (Fsp3) is 0.800. The average molecular weight is 196 g/mol. The minimum absolute atomic E-state index is 0.0267. The van der Waals surface area contributed by atoms with Gasteiger partial charge in [-0.1, -0.05) is 0 Å². The van der Waals surface area contributed by atoms with E-state index < -0.39 is 0 Å². The number of hydrogen-bond acceptors (Lipinski definition) is 3. The SMILES string of the molecule is O=C1CN(C2CCCC2=O)CCCN1. The molecule has 1 heterocycles. The van der Waals surface area contributed by atoms with E-state index >= 15 is 0 Å².